The van der Waals surface area contributed by atoms with Crippen molar-refractivity contribution in [1.82, 2.24) is 0 Å². The van der Waals surface area contributed by atoms with Gasteiger partial charge in [0.05, 0.1) is 8.07 Å². The summed E-state index contributed by atoms with van der Waals surface area (Å²) in [5, 5.41) is 3.76. The monoisotopic (exact) mass is 288 g/mol. The molecule has 0 saturated heterocycles. The van der Waals surface area contributed by atoms with Crippen LogP contribution < -0.4 is 5.19 Å². The van der Waals surface area contributed by atoms with Crippen LogP contribution in [0.5, 0.6) is 0 Å². The average molecular weight is 289 g/mol. The van der Waals surface area contributed by atoms with Crippen LogP contribution in [0.2, 0.25) is 13.1 Å². The molecule has 0 saturated carbocycles. The highest BCUT2D eigenvalue weighted by Crippen LogP contribution is 2.23. The molecule has 1 aromatic heterocycles. The minimum absolute atomic E-state index is 0.240. The van der Waals surface area contributed by atoms with Gasteiger partial charge in [0, 0.05) is 4.88 Å². The Morgan fingerprint density at radius 2 is 1.79 bits per heavy atom. The van der Waals surface area contributed by atoms with Crippen molar-refractivity contribution in [3.8, 4) is 0 Å². The lowest BCUT2D eigenvalue weighted by molar-refractivity contribution is 0.591. The number of hydrogen-bond acceptors (Lipinski definition) is 1. The zero-order chi connectivity index (χ0) is 14.1. The van der Waals surface area contributed by atoms with Crippen molar-refractivity contribution < 1.29 is 0 Å². The lowest BCUT2D eigenvalue weighted by atomic mass is 9.87. The van der Waals surface area contributed by atoms with Gasteiger partial charge in [0.15, 0.2) is 0 Å². The van der Waals surface area contributed by atoms with E-state index in [0.29, 0.717) is 0 Å². The largest absolute Gasteiger partial charge is 0.149 e. The molecule has 0 unspecified atom stereocenters. The summed E-state index contributed by atoms with van der Waals surface area (Å²) in [5.74, 6) is 0. The van der Waals surface area contributed by atoms with E-state index < -0.39 is 8.07 Å². The van der Waals surface area contributed by atoms with E-state index in [1.54, 1.807) is 5.19 Å². The highest BCUT2D eigenvalue weighted by atomic mass is 32.1. The number of hydrogen-bond donors (Lipinski definition) is 0. The van der Waals surface area contributed by atoms with Gasteiger partial charge in [0.25, 0.3) is 0 Å². The highest BCUT2D eigenvalue weighted by Gasteiger charge is 2.25. The van der Waals surface area contributed by atoms with Crippen LogP contribution >= 0.6 is 11.3 Å². The van der Waals surface area contributed by atoms with Crippen LogP contribution in [0.3, 0.4) is 0 Å². The van der Waals surface area contributed by atoms with E-state index in [9.17, 15) is 0 Å². The lowest BCUT2D eigenvalue weighted by Crippen LogP contribution is -2.44. The maximum atomic E-state index is 2.48. The van der Waals surface area contributed by atoms with Crippen LogP contribution in [0.4, 0.5) is 0 Å². The summed E-state index contributed by atoms with van der Waals surface area (Å²) in [4.78, 5) is 1.53. The van der Waals surface area contributed by atoms with Crippen molar-refractivity contribution in [2.24, 2.45) is 0 Å². The Morgan fingerprint density at radius 3 is 2.37 bits per heavy atom. The molecule has 1 heterocycles. The van der Waals surface area contributed by atoms with Crippen molar-refractivity contribution in [2.45, 2.75) is 45.3 Å². The third-order valence-corrected chi connectivity index (χ3v) is 7.98. The minimum atomic E-state index is -1.38. The maximum absolute atomic E-state index is 2.48. The fraction of sp³-hybridized carbons (Fsp3) is 0.412. The first-order chi connectivity index (χ1) is 8.79. The van der Waals surface area contributed by atoms with Gasteiger partial charge >= 0.3 is 0 Å². The Balaban J connectivity index is 2.30. The van der Waals surface area contributed by atoms with Gasteiger partial charge in [-0.05, 0) is 28.5 Å². The quantitative estimate of drug-likeness (QED) is 0.715. The number of benzene rings is 1. The summed E-state index contributed by atoms with van der Waals surface area (Å²) < 4.78 is 0. The van der Waals surface area contributed by atoms with Crippen LogP contribution in [0.25, 0.3) is 0 Å². The molecule has 0 N–H and O–H groups in total. The average Bonchev–Trinajstić information content (AvgIpc) is 2.80. The third-order valence-electron chi connectivity index (χ3n) is 3.71. The van der Waals surface area contributed by atoms with Gasteiger partial charge < -0.3 is 0 Å². The number of thiophene rings is 1. The minimum Gasteiger partial charge on any atom is -0.149 e. The van der Waals surface area contributed by atoms with Crippen molar-refractivity contribution in [3.63, 3.8) is 0 Å². The smallest absolute Gasteiger partial charge is 0.0857 e. The fourth-order valence-corrected chi connectivity index (χ4v) is 6.55. The molecule has 102 valence electrons. The number of rotatable bonds is 3. The predicted octanol–water partition coefficient (Wildman–Crippen LogP) is 4.74. The van der Waals surface area contributed by atoms with Crippen LogP contribution in [0, 0.1) is 0 Å². The van der Waals surface area contributed by atoms with Crippen molar-refractivity contribution in [2.75, 3.05) is 0 Å². The molecule has 2 heteroatoms. The molecule has 0 aliphatic rings. The summed E-state index contributed by atoms with van der Waals surface area (Å²) in [7, 11) is -1.38. The molecular weight excluding hydrogens is 264 g/mol. The second-order valence-corrected chi connectivity index (χ2v) is 12.7. The predicted molar refractivity (Wildman–Crippen MR) is 90.3 cm³/mol. The molecule has 0 amide bonds. The van der Waals surface area contributed by atoms with Crippen LogP contribution in [0.1, 0.15) is 31.2 Å². The Kier molecular flexibility index (Phi) is 4.02. The highest BCUT2D eigenvalue weighted by molar-refractivity contribution is 7.10. The van der Waals surface area contributed by atoms with E-state index in [4.69, 9.17) is 0 Å². The molecule has 0 atom stereocenters. The van der Waals surface area contributed by atoms with Gasteiger partial charge in [-0.25, -0.2) is 0 Å². The second kappa shape index (κ2) is 5.26. The molecule has 2 aromatic rings. The lowest BCUT2D eigenvalue weighted by Gasteiger charge is -2.26. The fourth-order valence-electron chi connectivity index (χ4n) is 2.36. The molecule has 0 fully saturated rings. The molecular formula is C17H24SSi. The Labute approximate surface area is 122 Å². The van der Waals surface area contributed by atoms with E-state index in [-0.39, 0.29) is 5.41 Å². The Hall–Kier alpha value is -0.863. The van der Waals surface area contributed by atoms with Crippen molar-refractivity contribution in [1.29, 1.82) is 0 Å². The summed E-state index contributed by atoms with van der Waals surface area (Å²) in [5.41, 5.74) is 1.69. The molecule has 19 heavy (non-hydrogen) atoms. The zero-order valence-electron chi connectivity index (χ0n) is 12.7. The molecule has 0 nitrogen and oxygen atoms in total. The van der Waals surface area contributed by atoms with Crippen LogP contribution in [0.15, 0.2) is 41.8 Å². The van der Waals surface area contributed by atoms with Gasteiger partial charge in [-0.1, -0.05) is 69.4 Å². The first-order valence-corrected chi connectivity index (χ1v) is 11.0. The maximum Gasteiger partial charge on any atom is 0.0857 e. The topological polar surface area (TPSA) is 0 Å². The molecule has 0 radical (unpaired) electrons. The van der Waals surface area contributed by atoms with Gasteiger partial charge in [-0.15, -0.1) is 11.3 Å². The molecule has 0 bridgehead atoms. The van der Waals surface area contributed by atoms with E-state index in [2.05, 4.69) is 75.6 Å². The van der Waals surface area contributed by atoms with Crippen molar-refractivity contribution >= 4 is 24.6 Å². The van der Waals surface area contributed by atoms with Crippen LogP contribution in [-0.4, -0.2) is 8.07 Å². The van der Waals surface area contributed by atoms with Crippen molar-refractivity contribution in [3.05, 3.63) is 52.2 Å². The molecule has 0 aliphatic heterocycles. The SMILES string of the molecule is CC(C)(C)c1cccc([Si](C)(C)Cc2cccs2)c1. The van der Waals surface area contributed by atoms with Gasteiger partial charge in [-0.2, -0.15) is 0 Å². The first-order valence-electron chi connectivity index (χ1n) is 6.92. The summed E-state index contributed by atoms with van der Waals surface area (Å²) in [6.07, 6.45) is 0. The van der Waals surface area contributed by atoms with E-state index in [0.717, 1.165) is 0 Å². The molecule has 1 aromatic carbocycles. The second-order valence-electron chi connectivity index (χ2n) is 6.97. The molecule has 0 aliphatic carbocycles. The summed E-state index contributed by atoms with van der Waals surface area (Å²) >= 11 is 1.89. The summed E-state index contributed by atoms with van der Waals surface area (Å²) in [6.45, 7) is 11.8. The third kappa shape index (κ3) is 3.58. The molecule has 2 rings (SSSR count). The molecule has 0 spiro atoms. The van der Waals surface area contributed by atoms with Gasteiger partial charge in [0.1, 0.15) is 0 Å². The zero-order valence-corrected chi connectivity index (χ0v) is 14.5. The standard InChI is InChI=1S/C17H24SSi/c1-17(2,3)14-8-6-10-16(12-14)19(4,5)13-15-9-7-11-18-15/h6-12H,13H2,1-5H3. The van der Waals surface area contributed by atoms with E-state index in [1.807, 2.05) is 11.3 Å². The Bertz CT molecular complexity index is 533. The summed E-state index contributed by atoms with van der Waals surface area (Å²) in [6, 6.07) is 15.0. The van der Waals surface area contributed by atoms with E-state index in [1.165, 1.54) is 16.5 Å². The van der Waals surface area contributed by atoms with Gasteiger partial charge in [-0.3, -0.25) is 0 Å². The van der Waals surface area contributed by atoms with E-state index >= 15 is 0 Å². The normalized spacial score (nSPS) is 12.7. The Morgan fingerprint density at radius 1 is 1.05 bits per heavy atom. The first kappa shape index (κ1) is 14.5. The van der Waals surface area contributed by atoms with Gasteiger partial charge in [0.2, 0.25) is 0 Å². The van der Waals surface area contributed by atoms with Crippen LogP contribution in [-0.2, 0) is 11.5 Å².